The van der Waals surface area contributed by atoms with Gasteiger partial charge in [-0.25, -0.2) is 0 Å². The van der Waals surface area contributed by atoms with E-state index >= 15 is 0 Å². The Labute approximate surface area is 85.3 Å². The Morgan fingerprint density at radius 3 is 2.46 bits per heavy atom. The van der Waals surface area contributed by atoms with Gasteiger partial charge in [-0.3, -0.25) is 11.3 Å². The van der Waals surface area contributed by atoms with E-state index in [0.29, 0.717) is 6.54 Å². The number of nitrogens with one attached hydrogen (secondary N) is 1. The summed E-state index contributed by atoms with van der Waals surface area (Å²) in [7, 11) is 4.05. The lowest BCUT2D eigenvalue weighted by Gasteiger charge is -2.16. The molecule has 0 radical (unpaired) electrons. The predicted octanol–water partition coefficient (Wildman–Crippen LogP) is 1.14. The van der Waals surface area contributed by atoms with Crippen molar-refractivity contribution in [2.45, 2.75) is 6.54 Å². The van der Waals surface area contributed by atoms with Crippen LogP contribution in [0.2, 0.25) is 0 Å². The summed E-state index contributed by atoms with van der Waals surface area (Å²) >= 11 is 0. The standard InChI is InChI=1S/C9H15N3.ClH/c1-12(2)9-6-4-3-5-8(9)7-11-10;/h3-6,11H,7,10H2,1-2H3;1H. The van der Waals surface area contributed by atoms with Crippen molar-refractivity contribution in [2.75, 3.05) is 19.0 Å². The van der Waals surface area contributed by atoms with E-state index in [1.807, 2.05) is 26.2 Å². The molecule has 0 bridgehead atoms. The van der Waals surface area contributed by atoms with Crippen molar-refractivity contribution in [1.82, 2.24) is 5.43 Å². The molecule has 0 fully saturated rings. The summed E-state index contributed by atoms with van der Waals surface area (Å²) in [6.07, 6.45) is 0. The van der Waals surface area contributed by atoms with Crippen LogP contribution in [0, 0.1) is 0 Å². The Morgan fingerprint density at radius 2 is 1.92 bits per heavy atom. The molecule has 0 aliphatic carbocycles. The van der Waals surface area contributed by atoms with Gasteiger partial charge in [0.25, 0.3) is 0 Å². The number of hydrogen-bond donors (Lipinski definition) is 2. The topological polar surface area (TPSA) is 41.3 Å². The Morgan fingerprint density at radius 1 is 1.31 bits per heavy atom. The second-order valence-corrected chi connectivity index (χ2v) is 2.90. The number of nitrogens with zero attached hydrogens (tertiary/aromatic N) is 1. The van der Waals surface area contributed by atoms with Gasteiger partial charge in [0.2, 0.25) is 0 Å². The van der Waals surface area contributed by atoms with Crippen LogP contribution >= 0.6 is 12.4 Å². The minimum Gasteiger partial charge on any atom is -0.377 e. The van der Waals surface area contributed by atoms with Crippen LogP contribution in [0.3, 0.4) is 0 Å². The molecule has 0 spiro atoms. The lowest BCUT2D eigenvalue weighted by Crippen LogP contribution is -2.22. The van der Waals surface area contributed by atoms with Crippen LogP contribution in [0.15, 0.2) is 24.3 Å². The van der Waals surface area contributed by atoms with Gasteiger partial charge in [0, 0.05) is 26.3 Å². The van der Waals surface area contributed by atoms with Crippen molar-refractivity contribution in [2.24, 2.45) is 5.84 Å². The first-order chi connectivity index (χ1) is 5.75. The van der Waals surface area contributed by atoms with Crippen LogP contribution in [0.25, 0.3) is 0 Å². The fraction of sp³-hybridized carbons (Fsp3) is 0.333. The fourth-order valence-electron chi connectivity index (χ4n) is 1.21. The Bertz CT molecular complexity index is 250. The Hall–Kier alpha value is -0.770. The zero-order valence-electron chi connectivity index (χ0n) is 7.95. The van der Waals surface area contributed by atoms with E-state index in [1.54, 1.807) is 0 Å². The molecule has 4 heteroatoms. The quantitative estimate of drug-likeness (QED) is 0.569. The van der Waals surface area contributed by atoms with Gasteiger partial charge in [0.05, 0.1) is 0 Å². The van der Waals surface area contributed by atoms with Gasteiger partial charge in [-0.05, 0) is 11.6 Å². The normalized spacial score (nSPS) is 9.15. The number of halogens is 1. The largest absolute Gasteiger partial charge is 0.377 e. The average Bonchev–Trinajstić information content (AvgIpc) is 2.05. The molecule has 3 nitrogen and oxygen atoms in total. The monoisotopic (exact) mass is 201 g/mol. The third-order valence-electron chi connectivity index (χ3n) is 1.77. The van der Waals surface area contributed by atoms with E-state index in [9.17, 15) is 0 Å². The summed E-state index contributed by atoms with van der Waals surface area (Å²) in [5.41, 5.74) is 5.07. The van der Waals surface area contributed by atoms with Crippen molar-refractivity contribution >= 4 is 18.1 Å². The Balaban J connectivity index is 0.00000144. The molecule has 0 atom stereocenters. The second-order valence-electron chi connectivity index (χ2n) is 2.90. The molecule has 1 rings (SSSR count). The van der Waals surface area contributed by atoms with Crippen LogP contribution in [0.5, 0.6) is 0 Å². The molecule has 0 saturated carbocycles. The first-order valence-corrected chi connectivity index (χ1v) is 3.94. The third-order valence-corrected chi connectivity index (χ3v) is 1.77. The highest BCUT2D eigenvalue weighted by atomic mass is 35.5. The number of benzene rings is 1. The average molecular weight is 202 g/mol. The summed E-state index contributed by atoms with van der Waals surface area (Å²) < 4.78 is 0. The number of nitrogens with two attached hydrogens (primary N) is 1. The van der Waals surface area contributed by atoms with Crippen molar-refractivity contribution in [1.29, 1.82) is 0 Å². The van der Waals surface area contributed by atoms with Gasteiger partial charge in [0.1, 0.15) is 0 Å². The number of anilines is 1. The molecule has 0 saturated heterocycles. The first kappa shape index (κ1) is 12.2. The van der Waals surface area contributed by atoms with Gasteiger partial charge < -0.3 is 4.90 Å². The maximum atomic E-state index is 5.26. The molecule has 0 heterocycles. The highest BCUT2D eigenvalue weighted by Crippen LogP contribution is 2.16. The zero-order chi connectivity index (χ0) is 8.97. The van der Waals surface area contributed by atoms with Gasteiger partial charge in [0.15, 0.2) is 0 Å². The van der Waals surface area contributed by atoms with E-state index in [0.717, 1.165) is 0 Å². The van der Waals surface area contributed by atoms with Crippen LogP contribution in [0.4, 0.5) is 5.69 Å². The zero-order valence-corrected chi connectivity index (χ0v) is 8.77. The summed E-state index contributed by atoms with van der Waals surface area (Å²) in [6.45, 7) is 0.703. The smallest absolute Gasteiger partial charge is 0.0407 e. The van der Waals surface area contributed by atoms with Crippen LogP contribution < -0.4 is 16.2 Å². The first-order valence-electron chi connectivity index (χ1n) is 3.94. The summed E-state index contributed by atoms with van der Waals surface area (Å²) in [5.74, 6) is 5.26. The summed E-state index contributed by atoms with van der Waals surface area (Å²) in [4.78, 5) is 2.08. The van der Waals surface area contributed by atoms with Crippen LogP contribution in [-0.2, 0) is 6.54 Å². The van der Waals surface area contributed by atoms with E-state index in [2.05, 4.69) is 22.5 Å². The number of hydrogen-bond acceptors (Lipinski definition) is 3. The molecular weight excluding hydrogens is 186 g/mol. The van der Waals surface area contributed by atoms with Crippen molar-refractivity contribution in [3.8, 4) is 0 Å². The van der Waals surface area contributed by atoms with Gasteiger partial charge in [-0.2, -0.15) is 0 Å². The predicted molar refractivity (Wildman–Crippen MR) is 59.0 cm³/mol. The lowest BCUT2D eigenvalue weighted by molar-refractivity contribution is 0.740. The van der Waals surface area contributed by atoms with Crippen molar-refractivity contribution in [3.63, 3.8) is 0 Å². The number of rotatable bonds is 3. The van der Waals surface area contributed by atoms with Crippen LogP contribution in [0.1, 0.15) is 5.56 Å². The molecule has 74 valence electrons. The van der Waals surface area contributed by atoms with E-state index in [1.165, 1.54) is 11.3 Å². The molecule has 1 aromatic rings. The highest BCUT2D eigenvalue weighted by molar-refractivity contribution is 5.85. The van der Waals surface area contributed by atoms with Crippen molar-refractivity contribution < 1.29 is 0 Å². The Kier molecular flexibility index (Phi) is 5.46. The molecular formula is C9H16ClN3. The molecule has 0 unspecified atom stereocenters. The minimum absolute atomic E-state index is 0. The van der Waals surface area contributed by atoms with Gasteiger partial charge in [-0.15, -0.1) is 12.4 Å². The number of para-hydroxylation sites is 1. The van der Waals surface area contributed by atoms with Gasteiger partial charge >= 0.3 is 0 Å². The summed E-state index contributed by atoms with van der Waals surface area (Å²) in [5, 5.41) is 0. The maximum absolute atomic E-state index is 5.26. The SMILES string of the molecule is CN(C)c1ccccc1CNN.Cl. The minimum atomic E-state index is 0. The van der Waals surface area contributed by atoms with Crippen molar-refractivity contribution in [3.05, 3.63) is 29.8 Å². The van der Waals surface area contributed by atoms with E-state index in [4.69, 9.17) is 5.84 Å². The maximum Gasteiger partial charge on any atom is 0.0407 e. The molecule has 0 amide bonds. The number of hydrazine groups is 1. The third kappa shape index (κ3) is 3.22. The molecule has 3 N–H and O–H groups in total. The second kappa shape index (κ2) is 5.80. The molecule has 0 aromatic heterocycles. The highest BCUT2D eigenvalue weighted by Gasteiger charge is 2.00. The molecule has 0 aliphatic heterocycles. The fourth-order valence-corrected chi connectivity index (χ4v) is 1.21. The molecule has 13 heavy (non-hydrogen) atoms. The van der Waals surface area contributed by atoms with Crippen LogP contribution in [-0.4, -0.2) is 14.1 Å². The molecule has 1 aromatic carbocycles. The van der Waals surface area contributed by atoms with E-state index in [-0.39, 0.29) is 12.4 Å². The molecule has 0 aliphatic rings. The van der Waals surface area contributed by atoms with Gasteiger partial charge in [-0.1, -0.05) is 18.2 Å². The lowest BCUT2D eigenvalue weighted by atomic mass is 10.1. The van der Waals surface area contributed by atoms with E-state index < -0.39 is 0 Å². The summed E-state index contributed by atoms with van der Waals surface area (Å²) in [6, 6.07) is 8.18.